The fourth-order valence-corrected chi connectivity index (χ4v) is 4.96. The van der Waals surface area contributed by atoms with Gasteiger partial charge in [0.2, 0.25) is 0 Å². The first-order chi connectivity index (χ1) is 18.6. The minimum atomic E-state index is -0.791. The average molecular weight is 544 g/mol. The largest absolute Gasteiger partial charge is 0.495 e. The first kappa shape index (κ1) is 29.0. The van der Waals surface area contributed by atoms with E-state index in [0.717, 1.165) is 11.1 Å². The first-order valence-electron chi connectivity index (χ1n) is 13.4. The number of ether oxygens (including phenoxy) is 4. The summed E-state index contributed by atoms with van der Waals surface area (Å²) < 4.78 is 37.4. The van der Waals surface area contributed by atoms with Crippen LogP contribution in [0.15, 0.2) is 24.3 Å². The van der Waals surface area contributed by atoms with Gasteiger partial charge in [-0.2, -0.15) is 0 Å². The van der Waals surface area contributed by atoms with Crippen molar-refractivity contribution in [3.63, 3.8) is 0 Å². The van der Waals surface area contributed by atoms with Crippen LogP contribution in [0.1, 0.15) is 77.4 Å². The lowest BCUT2D eigenvalue weighted by molar-refractivity contribution is -0.0261. The zero-order valence-electron chi connectivity index (χ0n) is 23.1. The Kier molecular flexibility index (Phi) is 9.25. The third-order valence-corrected chi connectivity index (χ3v) is 6.90. The fraction of sp³-hybridized carbons (Fsp3) is 0.533. The van der Waals surface area contributed by atoms with Gasteiger partial charge in [0, 0.05) is 38.0 Å². The molecule has 0 bridgehead atoms. The molecule has 1 fully saturated rings. The van der Waals surface area contributed by atoms with Crippen LogP contribution in [0.4, 0.5) is 4.39 Å². The van der Waals surface area contributed by atoms with Crippen molar-refractivity contribution in [3.05, 3.63) is 57.9 Å². The number of fused-ring (bicyclic) bond motifs is 1. The van der Waals surface area contributed by atoms with E-state index in [1.807, 2.05) is 20.8 Å². The Morgan fingerprint density at radius 3 is 2.67 bits per heavy atom. The molecule has 2 N–H and O–H groups in total. The SMILES string of the molecule is COc1c(C(=O)N[C@H]2CCOC[C@@H]2O)cc(Cc2ccc(C(=O)CCCOC(C)(C)C)c(F)c2)c2c1CCO2. The van der Waals surface area contributed by atoms with E-state index in [1.54, 1.807) is 12.1 Å². The Morgan fingerprint density at radius 1 is 1.18 bits per heavy atom. The van der Waals surface area contributed by atoms with Gasteiger partial charge in [0.15, 0.2) is 5.78 Å². The van der Waals surface area contributed by atoms with Crippen LogP contribution in [-0.4, -0.2) is 68.1 Å². The second kappa shape index (κ2) is 12.4. The highest BCUT2D eigenvalue weighted by Gasteiger charge is 2.30. The number of ketones is 1. The molecule has 2 atom stereocenters. The third-order valence-electron chi connectivity index (χ3n) is 6.90. The van der Waals surface area contributed by atoms with Gasteiger partial charge in [0.25, 0.3) is 5.91 Å². The van der Waals surface area contributed by atoms with Gasteiger partial charge in [-0.25, -0.2) is 4.39 Å². The Labute approximate surface area is 228 Å². The number of nitrogens with one attached hydrogen (secondary N) is 1. The number of Topliss-reactive ketones (excluding diaryl/α,β-unsaturated/α-hetero) is 1. The van der Waals surface area contributed by atoms with Crippen LogP contribution in [-0.2, 0) is 22.3 Å². The summed E-state index contributed by atoms with van der Waals surface area (Å²) >= 11 is 0. The summed E-state index contributed by atoms with van der Waals surface area (Å²) in [5.41, 5.74) is 2.26. The summed E-state index contributed by atoms with van der Waals surface area (Å²) in [5.74, 6) is -0.135. The smallest absolute Gasteiger partial charge is 0.255 e. The first-order valence-corrected chi connectivity index (χ1v) is 13.4. The van der Waals surface area contributed by atoms with Crippen molar-refractivity contribution in [1.29, 1.82) is 0 Å². The van der Waals surface area contributed by atoms with Crippen LogP contribution in [0, 0.1) is 5.82 Å². The lowest BCUT2D eigenvalue weighted by Gasteiger charge is -2.28. The van der Waals surface area contributed by atoms with E-state index in [4.69, 9.17) is 18.9 Å². The molecule has 0 saturated carbocycles. The van der Waals surface area contributed by atoms with Crippen LogP contribution in [0.2, 0.25) is 0 Å². The van der Waals surface area contributed by atoms with Crippen molar-refractivity contribution in [2.45, 2.75) is 70.6 Å². The lowest BCUT2D eigenvalue weighted by Crippen LogP contribution is -2.48. The topological polar surface area (TPSA) is 103 Å². The normalized spacial score (nSPS) is 18.8. The number of hydrogen-bond acceptors (Lipinski definition) is 7. The van der Waals surface area contributed by atoms with Crippen molar-refractivity contribution >= 4 is 11.7 Å². The fourth-order valence-electron chi connectivity index (χ4n) is 4.96. The predicted octanol–water partition coefficient (Wildman–Crippen LogP) is 4.02. The zero-order chi connectivity index (χ0) is 28.2. The molecule has 0 aliphatic carbocycles. The second-order valence-corrected chi connectivity index (χ2v) is 11.0. The maximum absolute atomic E-state index is 15.0. The van der Waals surface area contributed by atoms with Gasteiger partial charge >= 0.3 is 0 Å². The molecule has 9 heteroatoms. The van der Waals surface area contributed by atoms with Gasteiger partial charge in [-0.15, -0.1) is 0 Å². The van der Waals surface area contributed by atoms with Crippen molar-refractivity contribution in [2.75, 3.05) is 33.5 Å². The van der Waals surface area contributed by atoms with Crippen LogP contribution in [0.25, 0.3) is 0 Å². The summed E-state index contributed by atoms with van der Waals surface area (Å²) in [7, 11) is 1.51. The Bertz CT molecular complexity index is 1210. The molecule has 0 aromatic heterocycles. The second-order valence-electron chi connectivity index (χ2n) is 11.0. The number of carbonyl (C=O) groups is 2. The van der Waals surface area contributed by atoms with E-state index in [0.29, 0.717) is 68.1 Å². The number of hydrogen-bond donors (Lipinski definition) is 2. The van der Waals surface area contributed by atoms with Crippen molar-refractivity contribution in [3.8, 4) is 11.5 Å². The number of rotatable bonds is 10. The quantitative estimate of drug-likeness (QED) is 0.345. The number of methoxy groups -OCH3 is 1. The number of amides is 1. The molecule has 2 heterocycles. The van der Waals surface area contributed by atoms with E-state index in [-0.39, 0.29) is 35.9 Å². The van der Waals surface area contributed by atoms with E-state index >= 15 is 0 Å². The Balaban J connectivity index is 1.52. The highest BCUT2D eigenvalue weighted by molar-refractivity contribution is 5.98. The molecule has 39 heavy (non-hydrogen) atoms. The average Bonchev–Trinajstić information content (AvgIpc) is 3.37. The van der Waals surface area contributed by atoms with E-state index in [2.05, 4.69) is 5.32 Å². The molecule has 1 saturated heterocycles. The van der Waals surface area contributed by atoms with Crippen LogP contribution < -0.4 is 14.8 Å². The van der Waals surface area contributed by atoms with Crippen molar-refractivity contribution in [1.82, 2.24) is 5.32 Å². The lowest BCUT2D eigenvalue weighted by atomic mass is 9.95. The van der Waals surface area contributed by atoms with Crippen LogP contribution in [0.3, 0.4) is 0 Å². The molecule has 2 aromatic rings. The van der Waals surface area contributed by atoms with Gasteiger partial charge in [0.05, 0.1) is 49.2 Å². The molecule has 4 rings (SSSR count). The number of aliphatic hydroxyl groups is 1. The zero-order valence-corrected chi connectivity index (χ0v) is 23.1. The minimum absolute atomic E-state index is 0.0563. The maximum Gasteiger partial charge on any atom is 0.255 e. The van der Waals surface area contributed by atoms with Crippen molar-refractivity contribution in [2.24, 2.45) is 0 Å². The molecule has 2 aromatic carbocycles. The molecule has 1 amide bonds. The molecular formula is C30H38FNO7. The molecule has 0 spiro atoms. The molecule has 2 aliphatic rings. The number of aliphatic hydroxyl groups excluding tert-OH is 1. The molecule has 8 nitrogen and oxygen atoms in total. The molecule has 0 unspecified atom stereocenters. The van der Waals surface area contributed by atoms with Crippen molar-refractivity contribution < 1.29 is 38.0 Å². The van der Waals surface area contributed by atoms with E-state index < -0.39 is 18.0 Å². The van der Waals surface area contributed by atoms with Gasteiger partial charge in [-0.05, 0) is 62.9 Å². The summed E-state index contributed by atoms with van der Waals surface area (Å²) in [6.45, 7) is 7.34. The summed E-state index contributed by atoms with van der Waals surface area (Å²) in [6, 6.07) is 5.88. The molecule has 212 valence electrons. The van der Waals surface area contributed by atoms with Crippen LogP contribution >= 0.6 is 0 Å². The summed E-state index contributed by atoms with van der Waals surface area (Å²) in [6.07, 6.45) is 1.31. The number of halogens is 1. The standard InChI is InChI=1S/C30H38FNO7/c1-30(2,3)39-11-5-6-25(33)20-8-7-18(15-23(20)31)14-19-16-22(28(36-4)21-9-13-38-27(19)21)29(35)32-24-10-12-37-17-26(24)34/h7-8,15-16,24,26,34H,5-6,9-14,17H2,1-4H3,(H,32,35)/t24-,26-/m0/s1. The Hall–Kier alpha value is -3.01. The highest BCUT2D eigenvalue weighted by Crippen LogP contribution is 2.40. The number of carbonyl (C=O) groups excluding carboxylic acids is 2. The van der Waals surface area contributed by atoms with Crippen LogP contribution in [0.5, 0.6) is 11.5 Å². The van der Waals surface area contributed by atoms with Gasteiger partial charge in [-0.1, -0.05) is 6.07 Å². The minimum Gasteiger partial charge on any atom is -0.495 e. The Morgan fingerprint density at radius 2 is 1.97 bits per heavy atom. The monoisotopic (exact) mass is 543 g/mol. The maximum atomic E-state index is 15.0. The van der Waals surface area contributed by atoms with Gasteiger partial charge in [0.1, 0.15) is 17.3 Å². The highest BCUT2D eigenvalue weighted by atomic mass is 19.1. The molecule has 2 aliphatic heterocycles. The van der Waals surface area contributed by atoms with E-state index in [9.17, 15) is 19.1 Å². The third kappa shape index (κ3) is 7.15. The van der Waals surface area contributed by atoms with E-state index in [1.165, 1.54) is 19.2 Å². The molecule has 0 radical (unpaired) electrons. The van der Waals surface area contributed by atoms with Gasteiger partial charge < -0.3 is 29.4 Å². The molecular weight excluding hydrogens is 505 g/mol. The van der Waals surface area contributed by atoms with Gasteiger partial charge in [-0.3, -0.25) is 9.59 Å². The summed E-state index contributed by atoms with van der Waals surface area (Å²) in [4.78, 5) is 25.9. The predicted molar refractivity (Wildman–Crippen MR) is 143 cm³/mol. The number of benzene rings is 2. The summed E-state index contributed by atoms with van der Waals surface area (Å²) in [5, 5.41) is 13.1.